The van der Waals surface area contributed by atoms with Gasteiger partial charge in [0, 0.05) is 6.07 Å². The van der Waals surface area contributed by atoms with Crippen LogP contribution in [0.25, 0.3) is 0 Å². The van der Waals surface area contributed by atoms with Crippen LogP contribution in [0.5, 0.6) is 17.2 Å². The van der Waals surface area contributed by atoms with Crippen molar-refractivity contribution >= 4 is 17.9 Å². The molecule has 0 N–H and O–H groups in total. The Morgan fingerprint density at radius 2 is 1.16 bits per heavy atom. The number of carbonyl (C=O) groups excluding carboxylic acids is 3. The van der Waals surface area contributed by atoms with Crippen LogP contribution in [-0.4, -0.2) is 30.6 Å². The Labute approximate surface area is 259 Å². The predicted octanol–water partition coefficient (Wildman–Crippen LogP) is 9.13. The van der Waals surface area contributed by atoms with E-state index >= 15 is 0 Å². The van der Waals surface area contributed by atoms with Gasteiger partial charge in [-0.25, -0.2) is 18.8 Å². The minimum atomic E-state index is -0.845. The van der Waals surface area contributed by atoms with Crippen molar-refractivity contribution in [2.75, 3.05) is 6.61 Å². The van der Waals surface area contributed by atoms with E-state index in [-0.39, 0.29) is 28.7 Å². The second kappa shape index (κ2) is 18.5. The second-order valence-corrected chi connectivity index (χ2v) is 10.8. The van der Waals surface area contributed by atoms with Crippen LogP contribution >= 0.6 is 0 Å². The van der Waals surface area contributed by atoms with Crippen LogP contribution in [0.15, 0.2) is 66.7 Å². The fraction of sp³-hybridized carbons (Fsp3) is 0.417. The molecule has 3 rings (SSSR count). The number of ether oxygens (including phenoxy) is 4. The van der Waals surface area contributed by atoms with Crippen molar-refractivity contribution < 1.29 is 37.7 Å². The number of hydrogen-bond donors (Lipinski definition) is 0. The van der Waals surface area contributed by atoms with Gasteiger partial charge in [-0.3, -0.25) is 0 Å². The number of esters is 3. The summed E-state index contributed by atoms with van der Waals surface area (Å²) in [6.07, 6.45) is 10.4. The lowest BCUT2D eigenvalue weighted by atomic mass is 10.1. The van der Waals surface area contributed by atoms with Gasteiger partial charge in [0.05, 0.1) is 29.4 Å². The smallest absolute Gasteiger partial charge is 0.343 e. The van der Waals surface area contributed by atoms with Crippen LogP contribution in [0.3, 0.4) is 0 Å². The summed E-state index contributed by atoms with van der Waals surface area (Å²) in [6.45, 7) is 6.72. The first kappa shape index (κ1) is 34.3. The Morgan fingerprint density at radius 1 is 0.636 bits per heavy atom. The Morgan fingerprint density at radius 3 is 1.75 bits per heavy atom. The van der Waals surface area contributed by atoms with Crippen LogP contribution in [0.2, 0.25) is 0 Å². The van der Waals surface area contributed by atoms with Crippen molar-refractivity contribution in [3.63, 3.8) is 0 Å². The fourth-order valence-electron chi connectivity index (χ4n) is 4.46. The van der Waals surface area contributed by atoms with Gasteiger partial charge >= 0.3 is 17.9 Å². The molecule has 0 spiro atoms. The molecule has 1 atom stereocenters. The van der Waals surface area contributed by atoms with Gasteiger partial charge in [-0.1, -0.05) is 58.8 Å². The SMILES string of the molecule is CCCCCCCOc1ccc(C(=O)Oc2ccc(C(=O)Oc3ccc(C(=O)OC(C)CCCCCC)c(F)c3)cc2)cc1. The molecule has 8 heteroatoms. The topological polar surface area (TPSA) is 88.1 Å². The summed E-state index contributed by atoms with van der Waals surface area (Å²) in [5, 5.41) is 0. The summed E-state index contributed by atoms with van der Waals surface area (Å²) in [6, 6.07) is 16.1. The molecular weight excluding hydrogens is 563 g/mol. The Kier molecular flexibility index (Phi) is 14.4. The largest absolute Gasteiger partial charge is 0.494 e. The Hall–Kier alpha value is -4.20. The quantitative estimate of drug-likeness (QED) is 0.0810. The number of rotatable bonds is 18. The number of unbranched alkanes of at least 4 members (excludes halogenated alkanes) is 7. The van der Waals surface area contributed by atoms with Crippen LogP contribution in [-0.2, 0) is 4.74 Å². The standard InChI is InChI=1S/C36H43FO7/c1-4-6-8-10-12-24-41-29-18-14-27(15-19-29)34(38)43-30-20-16-28(17-21-30)35(39)44-31-22-23-32(33(37)25-31)36(40)42-26(3)13-11-9-7-5-2/h14-23,25-26H,4-13,24H2,1-3H3. The summed E-state index contributed by atoms with van der Waals surface area (Å²) in [7, 11) is 0. The maximum atomic E-state index is 14.7. The van der Waals surface area contributed by atoms with Crippen molar-refractivity contribution in [1.29, 1.82) is 0 Å². The molecule has 44 heavy (non-hydrogen) atoms. The molecule has 0 radical (unpaired) electrons. The Bertz CT molecular complexity index is 1340. The van der Waals surface area contributed by atoms with Gasteiger partial charge in [0.25, 0.3) is 0 Å². The number of carbonyl (C=O) groups is 3. The second-order valence-electron chi connectivity index (χ2n) is 10.8. The summed E-state index contributed by atoms with van der Waals surface area (Å²) >= 11 is 0. The first-order valence-electron chi connectivity index (χ1n) is 15.6. The van der Waals surface area contributed by atoms with Gasteiger partial charge in [0.1, 0.15) is 23.1 Å². The minimum absolute atomic E-state index is 0.0592. The van der Waals surface area contributed by atoms with Gasteiger partial charge in [0.15, 0.2) is 0 Å². The molecule has 0 aliphatic rings. The zero-order valence-electron chi connectivity index (χ0n) is 25.9. The molecule has 0 amide bonds. The van der Waals surface area contributed by atoms with E-state index in [2.05, 4.69) is 13.8 Å². The van der Waals surface area contributed by atoms with E-state index in [0.29, 0.717) is 24.3 Å². The third kappa shape index (κ3) is 11.5. The molecule has 7 nitrogen and oxygen atoms in total. The molecule has 0 heterocycles. The van der Waals surface area contributed by atoms with E-state index in [9.17, 15) is 18.8 Å². The maximum Gasteiger partial charge on any atom is 0.343 e. The van der Waals surface area contributed by atoms with Gasteiger partial charge < -0.3 is 18.9 Å². The monoisotopic (exact) mass is 606 g/mol. The van der Waals surface area contributed by atoms with E-state index in [1.165, 1.54) is 55.7 Å². The van der Waals surface area contributed by atoms with Crippen LogP contribution in [0.4, 0.5) is 4.39 Å². The summed E-state index contributed by atoms with van der Waals surface area (Å²) in [5.74, 6) is -2.01. The highest BCUT2D eigenvalue weighted by Crippen LogP contribution is 2.22. The lowest BCUT2D eigenvalue weighted by molar-refractivity contribution is 0.0314. The third-order valence-electron chi connectivity index (χ3n) is 7.05. The van der Waals surface area contributed by atoms with Crippen LogP contribution in [0, 0.1) is 5.82 Å². The van der Waals surface area contributed by atoms with Gasteiger partial charge in [-0.2, -0.15) is 0 Å². The molecule has 0 saturated carbocycles. The fourth-order valence-corrected chi connectivity index (χ4v) is 4.46. The molecule has 236 valence electrons. The first-order valence-corrected chi connectivity index (χ1v) is 15.6. The van der Waals surface area contributed by atoms with Crippen molar-refractivity contribution in [3.05, 3.63) is 89.2 Å². The highest BCUT2D eigenvalue weighted by atomic mass is 19.1. The molecule has 0 aliphatic heterocycles. The molecule has 0 bridgehead atoms. The number of hydrogen-bond acceptors (Lipinski definition) is 7. The highest BCUT2D eigenvalue weighted by molar-refractivity contribution is 5.93. The van der Waals surface area contributed by atoms with Crippen molar-refractivity contribution in [1.82, 2.24) is 0 Å². The van der Waals surface area contributed by atoms with Crippen LogP contribution in [0.1, 0.15) is 116 Å². The first-order chi connectivity index (χ1) is 21.3. The summed E-state index contributed by atoms with van der Waals surface area (Å²) in [4.78, 5) is 37.6. The van der Waals surface area contributed by atoms with E-state index in [1.807, 2.05) is 0 Å². The van der Waals surface area contributed by atoms with Crippen LogP contribution < -0.4 is 14.2 Å². The van der Waals surface area contributed by atoms with Gasteiger partial charge in [-0.15, -0.1) is 0 Å². The molecule has 3 aromatic carbocycles. The van der Waals surface area contributed by atoms with Crippen molar-refractivity contribution in [2.45, 2.75) is 91.1 Å². The van der Waals surface area contributed by atoms with Crippen molar-refractivity contribution in [2.24, 2.45) is 0 Å². The van der Waals surface area contributed by atoms with Gasteiger partial charge in [0.2, 0.25) is 0 Å². The Balaban J connectivity index is 1.47. The lowest BCUT2D eigenvalue weighted by Crippen LogP contribution is -2.16. The van der Waals surface area contributed by atoms with E-state index < -0.39 is 23.7 Å². The van der Waals surface area contributed by atoms with E-state index in [4.69, 9.17) is 18.9 Å². The molecule has 1 unspecified atom stereocenters. The summed E-state index contributed by atoms with van der Waals surface area (Å²) in [5.41, 5.74) is 0.303. The molecule has 0 saturated heterocycles. The molecule has 0 aliphatic carbocycles. The van der Waals surface area contributed by atoms with Crippen molar-refractivity contribution in [3.8, 4) is 17.2 Å². The minimum Gasteiger partial charge on any atom is -0.494 e. The molecule has 0 fully saturated rings. The number of halogens is 1. The lowest BCUT2D eigenvalue weighted by Gasteiger charge is -2.14. The van der Waals surface area contributed by atoms with E-state index in [1.54, 1.807) is 31.2 Å². The van der Waals surface area contributed by atoms with Gasteiger partial charge in [-0.05, 0) is 86.8 Å². The maximum absolute atomic E-state index is 14.7. The highest BCUT2D eigenvalue weighted by Gasteiger charge is 2.18. The third-order valence-corrected chi connectivity index (χ3v) is 7.05. The summed E-state index contributed by atoms with van der Waals surface area (Å²) < 4.78 is 36.4. The zero-order valence-corrected chi connectivity index (χ0v) is 25.9. The number of benzene rings is 3. The molecule has 3 aromatic rings. The average Bonchev–Trinajstić information content (AvgIpc) is 3.01. The zero-order chi connectivity index (χ0) is 31.7. The predicted molar refractivity (Wildman–Crippen MR) is 167 cm³/mol. The average molecular weight is 607 g/mol. The molecular formula is C36H43FO7. The normalized spacial score (nSPS) is 11.5. The van der Waals surface area contributed by atoms with E-state index in [0.717, 1.165) is 44.6 Å². The molecule has 0 aromatic heterocycles.